The number of ether oxygens (including phenoxy) is 1. The van der Waals surface area contributed by atoms with Crippen molar-refractivity contribution in [3.63, 3.8) is 0 Å². The standard InChI is InChI=1S/C27H23ClFNO4/c1-16-3-12-22(34-2)21(15-16)25(31)23-24(18-6-10-20(29)11-7-18)30(27(33)26(23)32)14-13-17-4-8-19(28)9-5-17/h3-12,15,24,31H,13-14H2,1-2H3/b25-23+. The first-order valence-electron chi connectivity index (χ1n) is 10.7. The number of Topliss-reactive ketones (excluding diaryl/α,β-unsaturated/α-hetero) is 1. The van der Waals surface area contributed by atoms with Gasteiger partial charge in [0.1, 0.15) is 17.3 Å². The Morgan fingerprint density at radius 3 is 2.38 bits per heavy atom. The van der Waals surface area contributed by atoms with Gasteiger partial charge in [-0.3, -0.25) is 9.59 Å². The summed E-state index contributed by atoms with van der Waals surface area (Å²) in [6.45, 7) is 2.06. The zero-order valence-corrected chi connectivity index (χ0v) is 19.5. The molecule has 7 heteroatoms. The maximum atomic E-state index is 13.7. The Morgan fingerprint density at radius 2 is 1.74 bits per heavy atom. The highest BCUT2D eigenvalue weighted by molar-refractivity contribution is 6.46. The number of aryl methyl sites for hydroxylation is 1. The first-order valence-corrected chi connectivity index (χ1v) is 11.1. The summed E-state index contributed by atoms with van der Waals surface area (Å²) in [7, 11) is 1.46. The monoisotopic (exact) mass is 479 g/mol. The van der Waals surface area contributed by atoms with E-state index in [1.165, 1.54) is 36.3 Å². The number of benzene rings is 3. The number of halogens is 2. The van der Waals surface area contributed by atoms with Gasteiger partial charge in [0.25, 0.3) is 11.7 Å². The first-order chi connectivity index (χ1) is 16.3. The molecule has 0 bridgehead atoms. The highest BCUT2D eigenvalue weighted by atomic mass is 35.5. The Kier molecular flexibility index (Phi) is 6.70. The van der Waals surface area contributed by atoms with Crippen LogP contribution in [-0.4, -0.2) is 35.4 Å². The number of likely N-dealkylation sites (tertiary alicyclic amines) is 1. The molecule has 0 aliphatic carbocycles. The van der Waals surface area contributed by atoms with Crippen LogP contribution in [0, 0.1) is 12.7 Å². The molecule has 1 saturated heterocycles. The van der Waals surface area contributed by atoms with E-state index in [1.54, 1.807) is 24.3 Å². The molecule has 0 spiro atoms. The van der Waals surface area contributed by atoms with Gasteiger partial charge in [-0.15, -0.1) is 0 Å². The Hall–Kier alpha value is -3.64. The predicted molar refractivity (Wildman–Crippen MR) is 128 cm³/mol. The van der Waals surface area contributed by atoms with Crippen LogP contribution in [0.3, 0.4) is 0 Å². The zero-order chi connectivity index (χ0) is 24.4. The van der Waals surface area contributed by atoms with Crippen molar-refractivity contribution in [3.05, 3.63) is 105 Å². The predicted octanol–water partition coefficient (Wildman–Crippen LogP) is 5.46. The third-order valence-corrected chi connectivity index (χ3v) is 6.14. The molecule has 34 heavy (non-hydrogen) atoms. The number of aliphatic hydroxyl groups excluding tert-OH is 1. The Bertz CT molecular complexity index is 1270. The number of nitrogens with zero attached hydrogens (tertiary/aromatic N) is 1. The number of ketones is 1. The van der Waals surface area contributed by atoms with Crippen molar-refractivity contribution in [1.29, 1.82) is 0 Å². The summed E-state index contributed by atoms with van der Waals surface area (Å²) < 4.78 is 19.0. The van der Waals surface area contributed by atoms with Gasteiger partial charge in [0, 0.05) is 11.6 Å². The van der Waals surface area contributed by atoms with E-state index in [-0.39, 0.29) is 17.9 Å². The molecule has 1 N–H and O–H groups in total. The molecule has 3 aromatic rings. The second-order valence-electron chi connectivity index (χ2n) is 8.12. The Labute approximate surface area is 202 Å². The summed E-state index contributed by atoms with van der Waals surface area (Å²) in [5.74, 6) is -1.93. The number of amides is 1. The molecule has 1 aliphatic heterocycles. The van der Waals surface area contributed by atoms with Crippen molar-refractivity contribution in [2.24, 2.45) is 0 Å². The number of methoxy groups -OCH3 is 1. The molecule has 0 radical (unpaired) electrons. The number of hydrogen-bond acceptors (Lipinski definition) is 4. The molecular weight excluding hydrogens is 457 g/mol. The molecule has 0 aromatic heterocycles. The number of hydrogen-bond donors (Lipinski definition) is 1. The van der Waals surface area contributed by atoms with E-state index in [0.717, 1.165) is 11.1 Å². The third kappa shape index (κ3) is 4.54. The summed E-state index contributed by atoms with van der Waals surface area (Å²) in [6.07, 6.45) is 0.468. The topological polar surface area (TPSA) is 66.8 Å². The fraction of sp³-hybridized carbons (Fsp3) is 0.185. The molecular formula is C27H23ClFNO4. The smallest absolute Gasteiger partial charge is 0.295 e. The Balaban J connectivity index is 1.81. The van der Waals surface area contributed by atoms with E-state index in [9.17, 15) is 19.1 Å². The van der Waals surface area contributed by atoms with E-state index in [2.05, 4.69) is 0 Å². The second kappa shape index (κ2) is 9.69. The van der Waals surface area contributed by atoms with E-state index in [0.29, 0.717) is 28.3 Å². The van der Waals surface area contributed by atoms with Crippen molar-refractivity contribution < 1.29 is 23.8 Å². The van der Waals surface area contributed by atoms with E-state index < -0.39 is 23.5 Å². The molecule has 1 fully saturated rings. The van der Waals surface area contributed by atoms with E-state index in [1.807, 2.05) is 25.1 Å². The second-order valence-corrected chi connectivity index (χ2v) is 8.56. The van der Waals surface area contributed by atoms with Crippen LogP contribution in [0.5, 0.6) is 5.75 Å². The van der Waals surface area contributed by atoms with Gasteiger partial charge in [-0.1, -0.05) is 47.5 Å². The van der Waals surface area contributed by atoms with Crippen molar-refractivity contribution in [2.45, 2.75) is 19.4 Å². The average molecular weight is 480 g/mol. The summed E-state index contributed by atoms with van der Waals surface area (Å²) in [6, 6.07) is 17.1. The first kappa shape index (κ1) is 23.5. The van der Waals surface area contributed by atoms with Crippen LogP contribution in [0.1, 0.15) is 28.3 Å². The number of carbonyl (C=O) groups excluding carboxylic acids is 2. The minimum atomic E-state index is -0.877. The maximum absolute atomic E-state index is 13.7. The van der Waals surface area contributed by atoms with Gasteiger partial charge in [-0.2, -0.15) is 0 Å². The highest BCUT2D eigenvalue weighted by Gasteiger charge is 2.46. The fourth-order valence-corrected chi connectivity index (χ4v) is 4.28. The molecule has 1 aliphatic rings. The van der Waals surface area contributed by atoms with Crippen LogP contribution in [0.25, 0.3) is 5.76 Å². The van der Waals surface area contributed by atoms with Gasteiger partial charge in [0.05, 0.1) is 24.3 Å². The van der Waals surface area contributed by atoms with E-state index >= 15 is 0 Å². The largest absolute Gasteiger partial charge is 0.507 e. The van der Waals surface area contributed by atoms with Crippen LogP contribution in [-0.2, 0) is 16.0 Å². The van der Waals surface area contributed by atoms with Crippen molar-refractivity contribution in [1.82, 2.24) is 4.90 Å². The molecule has 174 valence electrons. The molecule has 5 nitrogen and oxygen atoms in total. The highest BCUT2D eigenvalue weighted by Crippen LogP contribution is 2.41. The average Bonchev–Trinajstić information content (AvgIpc) is 3.08. The number of aliphatic hydroxyl groups is 1. The summed E-state index contributed by atoms with van der Waals surface area (Å²) in [5, 5.41) is 11.9. The van der Waals surface area contributed by atoms with Gasteiger partial charge in [-0.25, -0.2) is 4.39 Å². The Morgan fingerprint density at radius 1 is 1.06 bits per heavy atom. The summed E-state index contributed by atoms with van der Waals surface area (Å²) >= 11 is 5.96. The van der Waals surface area contributed by atoms with Crippen molar-refractivity contribution in [2.75, 3.05) is 13.7 Å². The molecule has 1 amide bonds. The molecule has 0 saturated carbocycles. The lowest BCUT2D eigenvalue weighted by atomic mass is 9.94. The maximum Gasteiger partial charge on any atom is 0.295 e. The lowest BCUT2D eigenvalue weighted by Crippen LogP contribution is -2.31. The number of rotatable bonds is 6. The van der Waals surface area contributed by atoms with Gasteiger partial charge in [0.2, 0.25) is 0 Å². The lowest BCUT2D eigenvalue weighted by molar-refractivity contribution is -0.139. The van der Waals surface area contributed by atoms with Crippen LogP contribution >= 0.6 is 11.6 Å². The molecule has 4 rings (SSSR count). The minimum absolute atomic E-state index is 0.0587. The molecule has 1 unspecified atom stereocenters. The minimum Gasteiger partial charge on any atom is -0.507 e. The van der Waals surface area contributed by atoms with Crippen molar-refractivity contribution >= 4 is 29.1 Å². The number of carbonyl (C=O) groups is 2. The molecule has 3 aromatic carbocycles. The van der Waals surface area contributed by atoms with Crippen LogP contribution in [0.4, 0.5) is 4.39 Å². The SMILES string of the molecule is COc1ccc(C)cc1/C(O)=C1\C(=O)C(=O)N(CCc2ccc(Cl)cc2)C1c1ccc(F)cc1. The van der Waals surface area contributed by atoms with Gasteiger partial charge < -0.3 is 14.7 Å². The summed E-state index contributed by atoms with van der Waals surface area (Å²) in [5.41, 5.74) is 2.55. The lowest BCUT2D eigenvalue weighted by Gasteiger charge is -2.25. The van der Waals surface area contributed by atoms with Crippen LogP contribution in [0.15, 0.2) is 72.3 Å². The normalized spacial score (nSPS) is 17.3. The third-order valence-electron chi connectivity index (χ3n) is 5.89. The van der Waals surface area contributed by atoms with Crippen LogP contribution < -0.4 is 4.74 Å². The zero-order valence-electron chi connectivity index (χ0n) is 18.7. The fourth-order valence-electron chi connectivity index (χ4n) is 4.15. The van der Waals surface area contributed by atoms with Gasteiger partial charge in [0.15, 0.2) is 0 Å². The van der Waals surface area contributed by atoms with E-state index in [4.69, 9.17) is 16.3 Å². The molecule has 1 atom stereocenters. The van der Waals surface area contributed by atoms with Crippen LogP contribution in [0.2, 0.25) is 5.02 Å². The van der Waals surface area contributed by atoms with Crippen molar-refractivity contribution in [3.8, 4) is 5.75 Å². The summed E-state index contributed by atoms with van der Waals surface area (Å²) in [4.78, 5) is 27.7. The quantitative estimate of drug-likeness (QED) is 0.289. The van der Waals surface area contributed by atoms with Gasteiger partial charge >= 0.3 is 0 Å². The molecule has 1 heterocycles. The van der Waals surface area contributed by atoms with Gasteiger partial charge in [-0.05, 0) is 60.9 Å².